The van der Waals surface area contributed by atoms with Crippen LogP contribution in [0.3, 0.4) is 0 Å². The highest BCUT2D eigenvalue weighted by atomic mass is 35.5. The SMILES string of the molecule is Cl.NCCCCCCCNCc1ccc(CNC(=O)c2csc3nc[nH]c(=O)c23)cc1. The van der Waals surface area contributed by atoms with Crippen LogP contribution in [-0.2, 0) is 13.1 Å². The number of halogens is 1. The predicted molar refractivity (Wildman–Crippen MR) is 129 cm³/mol. The summed E-state index contributed by atoms with van der Waals surface area (Å²) in [6.07, 6.45) is 7.38. The molecule has 3 rings (SSSR count). The molecule has 2 heterocycles. The van der Waals surface area contributed by atoms with Crippen LogP contribution in [0.1, 0.15) is 53.6 Å². The number of carbonyl (C=O) groups excluding carboxylic acids is 1. The summed E-state index contributed by atoms with van der Waals surface area (Å²) in [5.74, 6) is -0.267. The van der Waals surface area contributed by atoms with Crippen molar-refractivity contribution in [2.45, 2.75) is 45.2 Å². The topological polar surface area (TPSA) is 113 Å². The Bertz CT molecular complexity index is 1000. The third kappa shape index (κ3) is 7.43. The molecule has 31 heavy (non-hydrogen) atoms. The number of fused-ring (bicyclic) bond motifs is 1. The number of aromatic amines is 1. The minimum Gasteiger partial charge on any atom is -0.348 e. The van der Waals surface area contributed by atoms with Gasteiger partial charge in [0.25, 0.3) is 11.5 Å². The molecule has 5 N–H and O–H groups in total. The van der Waals surface area contributed by atoms with Crippen molar-refractivity contribution < 1.29 is 4.79 Å². The fourth-order valence-electron chi connectivity index (χ4n) is 3.26. The summed E-state index contributed by atoms with van der Waals surface area (Å²) in [5.41, 5.74) is 7.81. The molecule has 0 unspecified atom stereocenters. The number of nitrogens with zero attached hydrogens (tertiary/aromatic N) is 1. The largest absolute Gasteiger partial charge is 0.348 e. The van der Waals surface area contributed by atoms with Gasteiger partial charge in [-0.15, -0.1) is 23.7 Å². The minimum atomic E-state index is -0.293. The molecule has 0 aliphatic heterocycles. The van der Waals surface area contributed by atoms with E-state index < -0.39 is 0 Å². The number of nitrogens with two attached hydrogens (primary N) is 1. The summed E-state index contributed by atoms with van der Waals surface area (Å²) >= 11 is 1.29. The first-order valence-corrected chi connectivity index (χ1v) is 11.3. The lowest BCUT2D eigenvalue weighted by Gasteiger charge is -2.08. The molecule has 7 nitrogen and oxygen atoms in total. The van der Waals surface area contributed by atoms with Gasteiger partial charge in [0.1, 0.15) is 4.83 Å². The highest BCUT2D eigenvalue weighted by molar-refractivity contribution is 7.17. The number of aromatic nitrogens is 2. The quantitative estimate of drug-likeness (QED) is 0.308. The van der Waals surface area contributed by atoms with Crippen LogP contribution in [0.25, 0.3) is 10.2 Å². The number of amides is 1. The van der Waals surface area contributed by atoms with E-state index in [1.165, 1.54) is 48.9 Å². The summed E-state index contributed by atoms with van der Waals surface area (Å²) in [4.78, 5) is 31.7. The number of carbonyl (C=O) groups is 1. The Morgan fingerprint density at radius 3 is 2.45 bits per heavy atom. The molecule has 0 bridgehead atoms. The zero-order chi connectivity index (χ0) is 21.2. The van der Waals surface area contributed by atoms with E-state index in [0.29, 0.717) is 22.3 Å². The summed E-state index contributed by atoms with van der Waals surface area (Å²) < 4.78 is 0. The highest BCUT2D eigenvalue weighted by Crippen LogP contribution is 2.20. The maximum absolute atomic E-state index is 12.5. The Hall–Kier alpha value is -2.26. The normalized spacial score (nSPS) is 10.7. The number of hydrogen-bond donors (Lipinski definition) is 4. The lowest BCUT2D eigenvalue weighted by atomic mass is 10.1. The first-order chi connectivity index (χ1) is 14.7. The van der Waals surface area contributed by atoms with Crippen molar-refractivity contribution in [1.29, 1.82) is 0 Å². The van der Waals surface area contributed by atoms with Gasteiger partial charge in [0.05, 0.1) is 17.3 Å². The van der Waals surface area contributed by atoms with E-state index in [0.717, 1.165) is 31.6 Å². The summed E-state index contributed by atoms with van der Waals surface area (Å²) in [7, 11) is 0. The van der Waals surface area contributed by atoms with Crippen LogP contribution >= 0.6 is 23.7 Å². The third-order valence-corrected chi connectivity index (χ3v) is 5.87. The van der Waals surface area contributed by atoms with Crippen molar-refractivity contribution in [3.05, 3.63) is 63.0 Å². The fourth-order valence-corrected chi connectivity index (χ4v) is 4.15. The molecule has 0 radical (unpaired) electrons. The minimum absolute atomic E-state index is 0. The molecule has 2 aromatic heterocycles. The number of nitrogens with one attached hydrogen (secondary N) is 3. The molecule has 0 atom stereocenters. The third-order valence-electron chi connectivity index (χ3n) is 4.98. The van der Waals surface area contributed by atoms with Crippen molar-refractivity contribution in [3.8, 4) is 0 Å². The summed E-state index contributed by atoms with van der Waals surface area (Å²) in [5, 5.41) is 8.38. The molecular weight excluding hydrogens is 434 g/mol. The van der Waals surface area contributed by atoms with Crippen molar-refractivity contribution in [1.82, 2.24) is 20.6 Å². The predicted octanol–water partition coefficient (Wildman–Crippen LogP) is 3.34. The van der Waals surface area contributed by atoms with E-state index in [9.17, 15) is 9.59 Å². The highest BCUT2D eigenvalue weighted by Gasteiger charge is 2.15. The zero-order valence-electron chi connectivity index (χ0n) is 17.5. The summed E-state index contributed by atoms with van der Waals surface area (Å²) in [6.45, 7) is 3.06. The van der Waals surface area contributed by atoms with Crippen molar-refractivity contribution in [3.63, 3.8) is 0 Å². The van der Waals surface area contributed by atoms with E-state index in [1.54, 1.807) is 5.38 Å². The van der Waals surface area contributed by atoms with Crippen LogP contribution in [0.2, 0.25) is 0 Å². The van der Waals surface area contributed by atoms with E-state index in [2.05, 4.69) is 32.7 Å². The molecule has 0 aliphatic carbocycles. The average Bonchev–Trinajstić information content (AvgIpc) is 3.20. The second-order valence-corrected chi connectivity index (χ2v) is 8.15. The number of benzene rings is 1. The Balaban J connectivity index is 0.00000341. The van der Waals surface area contributed by atoms with Crippen LogP contribution in [0, 0.1) is 0 Å². The standard InChI is InChI=1S/C22H29N5O2S.ClH/c23-10-4-2-1-3-5-11-24-12-16-6-8-17(9-7-16)13-25-20(28)18-14-30-22-19(18)21(29)26-15-27-22;/h6-9,14-15,24H,1-5,10-13,23H2,(H,25,28)(H,26,27,29);1H. The molecule has 0 saturated carbocycles. The lowest BCUT2D eigenvalue weighted by Crippen LogP contribution is -2.24. The number of H-pyrrole nitrogens is 1. The first kappa shape index (κ1) is 25.0. The van der Waals surface area contributed by atoms with Gasteiger partial charge in [-0.25, -0.2) is 4.98 Å². The number of thiophene rings is 1. The van der Waals surface area contributed by atoms with Gasteiger partial charge < -0.3 is 21.4 Å². The average molecular weight is 464 g/mol. The van der Waals surface area contributed by atoms with Crippen LogP contribution in [0.4, 0.5) is 0 Å². The number of unbranched alkanes of at least 4 members (excludes halogenated alkanes) is 4. The molecule has 0 aliphatic rings. The van der Waals surface area contributed by atoms with Gasteiger partial charge in [0.15, 0.2) is 0 Å². The van der Waals surface area contributed by atoms with Crippen LogP contribution in [0.15, 0.2) is 40.8 Å². The fraction of sp³-hybridized carbons (Fsp3) is 0.409. The second-order valence-electron chi connectivity index (χ2n) is 7.29. The van der Waals surface area contributed by atoms with E-state index in [4.69, 9.17) is 5.73 Å². The van der Waals surface area contributed by atoms with Crippen LogP contribution in [-0.4, -0.2) is 29.0 Å². The van der Waals surface area contributed by atoms with E-state index in [1.807, 2.05) is 12.1 Å². The van der Waals surface area contributed by atoms with E-state index in [-0.39, 0.29) is 23.9 Å². The van der Waals surface area contributed by atoms with Gasteiger partial charge in [0, 0.05) is 18.5 Å². The molecule has 3 aromatic rings. The molecule has 0 fully saturated rings. The Morgan fingerprint density at radius 2 is 1.71 bits per heavy atom. The Kier molecular flexibility index (Phi) is 10.7. The Labute approximate surface area is 192 Å². The van der Waals surface area contributed by atoms with Crippen LogP contribution in [0.5, 0.6) is 0 Å². The van der Waals surface area contributed by atoms with E-state index >= 15 is 0 Å². The molecule has 0 spiro atoms. The van der Waals surface area contributed by atoms with Gasteiger partial charge in [-0.1, -0.05) is 43.5 Å². The van der Waals surface area contributed by atoms with Gasteiger partial charge in [-0.3, -0.25) is 9.59 Å². The van der Waals surface area contributed by atoms with Crippen molar-refractivity contribution >= 4 is 39.9 Å². The maximum atomic E-state index is 12.5. The second kappa shape index (κ2) is 13.2. The summed E-state index contributed by atoms with van der Waals surface area (Å²) in [6, 6.07) is 8.18. The van der Waals surface area contributed by atoms with Gasteiger partial charge >= 0.3 is 0 Å². The monoisotopic (exact) mass is 463 g/mol. The molecule has 0 saturated heterocycles. The Morgan fingerprint density at radius 1 is 1.03 bits per heavy atom. The maximum Gasteiger partial charge on any atom is 0.260 e. The zero-order valence-corrected chi connectivity index (χ0v) is 19.1. The molecule has 1 amide bonds. The number of rotatable bonds is 12. The molecule has 1 aromatic carbocycles. The van der Waals surface area contributed by atoms with Gasteiger partial charge in [0.2, 0.25) is 0 Å². The number of hydrogen-bond acceptors (Lipinski definition) is 6. The molecule has 9 heteroatoms. The van der Waals surface area contributed by atoms with Gasteiger partial charge in [-0.2, -0.15) is 0 Å². The van der Waals surface area contributed by atoms with Crippen molar-refractivity contribution in [2.24, 2.45) is 5.73 Å². The van der Waals surface area contributed by atoms with Crippen molar-refractivity contribution in [2.75, 3.05) is 13.1 Å². The van der Waals surface area contributed by atoms with Crippen LogP contribution < -0.4 is 21.9 Å². The first-order valence-electron chi connectivity index (χ1n) is 10.4. The van der Waals surface area contributed by atoms with Gasteiger partial charge in [-0.05, 0) is 37.1 Å². The lowest BCUT2D eigenvalue weighted by molar-refractivity contribution is 0.0953. The smallest absolute Gasteiger partial charge is 0.260 e. The molecule has 168 valence electrons. The molecular formula is C22H30ClN5O2S.